The summed E-state index contributed by atoms with van der Waals surface area (Å²) in [4.78, 5) is 34.9. The molecule has 3 heterocycles. The van der Waals surface area contributed by atoms with Crippen LogP contribution in [0.4, 0.5) is 10.5 Å². The predicted molar refractivity (Wildman–Crippen MR) is 164 cm³/mol. The fourth-order valence-electron chi connectivity index (χ4n) is 5.86. The van der Waals surface area contributed by atoms with E-state index in [4.69, 9.17) is 4.74 Å². The molecule has 0 fully saturated rings. The lowest BCUT2D eigenvalue weighted by atomic mass is 9.99. The molecule has 1 N–H and O–H groups in total. The summed E-state index contributed by atoms with van der Waals surface area (Å²) in [6.45, 7) is 4.17. The van der Waals surface area contributed by atoms with E-state index >= 15 is 0 Å². The molecule has 3 amide bonds. The van der Waals surface area contributed by atoms with Gasteiger partial charge in [0.1, 0.15) is 11.4 Å². The lowest BCUT2D eigenvalue weighted by molar-refractivity contribution is -0.128. The van der Waals surface area contributed by atoms with E-state index in [2.05, 4.69) is 53.7 Å². The SMILES string of the molecule is CCCC(CC/C=C/C1=CCC=NC(C(=O)N2CCc3ccccc3C2)=C1)N1CCc2cc(OC)ccc2NC1=O. The number of hydrogen-bond acceptors (Lipinski definition) is 4. The molecule has 0 spiro atoms. The molecule has 214 valence electrons. The Bertz CT molecular complexity index is 1390. The number of urea groups is 1. The van der Waals surface area contributed by atoms with Gasteiger partial charge in [0.15, 0.2) is 0 Å². The van der Waals surface area contributed by atoms with Gasteiger partial charge in [0.05, 0.1) is 7.11 Å². The monoisotopic (exact) mass is 552 g/mol. The van der Waals surface area contributed by atoms with Gasteiger partial charge < -0.3 is 19.9 Å². The summed E-state index contributed by atoms with van der Waals surface area (Å²) in [6, 6.07) is 14.3. The van der Waals surface area contributed by atoms with Crippen LogP contribution in [0.3, 0.4) is 0 Å². The van der Waals surface area contributed by atoms with Crippen molar-refractivity contribution < 1.29 is 14.3 Å². The molecule has 3 aliphatic rings. The Kier molecular flexibility index (Phi) is 9.34. The molecular formula is C34H40N4O3. The number of rotatable bonds is 9. The maximum atomic E-state index is 13.3. The first-order valence-electron chi connectivity index (χ1n) is 14.8. The standard InChI is InChI=1S/C34H40N4O3/c1-3-9-29(38-21-18-27-23-30(41-2)15-16-31(27)36-34(38)40)14-7-4-10-25-11-8-19-35-32(22-25)33(39)37-20-17-26-12-5-6-13-28(26)24-37/h4-6,10-13,15-16,19,22-23,29H,3,7-9,14,17-18,20-21,24H2,1-2H3,(H,36,40)/b10-4+. The Hall–Kier alpha value is -4.13. The minimum atomic E-state index is -0.0357. The number of carbonyl (C=O) groups is 2. The van der Waals surface area contributed by atoms with Crippen LogP contribution in [0.15, 0.2) is 83.0 Å². The normalized spacial score (nSPS) is 17.6. The summed E-state index contributed by atoms with van der Waals surface area (Å²) in [5.74, 6) is 0.783. The van der Waals surface area contributed by atoms with Gasteiger partial charge in [-0.05, 0) is 78.6 Å². The zero-order valence-corrected chi connectivity index (χ0v) is 24.1. The van der Waals surface area contributed by atoms with Crippen LogP contribution in [0.25, 0.3) is 0 Å². The Labute approximate surface area is 243 Å². The molecule has 7 nitrogen and oxygen atoms in total. The van der Waals surface area contributed by atoms with Gasteiger partial charge in [-0.2, -0.15) is 0 Å². The average molecular weight is 553 g/mol. The van der Waals surface area contributed by atoms with Crippen LogP contribution in [0.2, 0.25) is 0 Å². The Morgan fingerprint density at radius 1 is 1.10 bits per heavy atom. The van der Waals surface area contributed by atoms with Crippen LogP contribution >= 0.6 is 0 Å². The van der Waals surface area contributed by atoms with Crippen LogP contribution in [-0.2, 0) is 24.2 Å². The van der Waals surface area contributed by atoms with E-state index in [-0.39, 0.29) is 18.0 Å². The smallest absolute Gasteiger partial charge is 0.322 e. The molecule has 0 radical (unpaired) electrons. The molecule has 41 heavy (non-hydrogen) atoms. The van der Waals surface area contributed by atoms with E-state index in [9.17, 15) is 9.59 Å². The number of fused-ring (bicyclic) bond motifs is 2. The van der Waals surface area contributed by atoms with Gasteiger partial charge in [-0.15, -0.1) is 0 Å². The first-order chi connectivity index (χ1) is 20.1. The van der Waals surface area contributed by atoms with E-state index < -0.39 is 0 Å². The molecule has 5 rings (SSSR count). The third-order valence-electron chi connectivity index (χ3n) is 8.11. The second-order valence-corrected chi connectivity index (χ2v) is 10.8. The maximum Gasteiger partial charge on any atom is 0.322 e. The van der Waals surface area contributed by atoms with E-state index in [1.165, 1.54) is 11.1 Å². The molecule has 2 aromatic rings. The second-order valence-electron chi connectivity index (χ2n) is 10.8. The van der Waals surface area contributed by atoms with E-state index in [0.29, 0.717) is 31.8 Å². The Balaban J connectivity index is 1.20. The van der Waals surface area contributed by atoms with Crippen molar-refractivity contribution in [2.24, 2.45) is 4.99 Å². The van der Waals surface area contributed by atoms with Crippen molar-refractivity contribution in [2.75, 3.05) is 25.5 Å². The number of nitrogens with one attached hydrogen (secondary N) is 1. The van der Waals surface area contributed by atoms with Gasteiger partial charge in [0.2, 0.25) is 0 Å². The highest BCUT2D eigenvalue weighted by atomic mass is 16.5. The zero-order valence-electron chi connectivity index (χ0n) is 24.1. The molecule has 0 saturated carbocycles. The molecule has 2 aromatic carbocycles. The molecule has 7 heteroatoms. The molecule has 1 atom stereocenters. The summed E-state index contributed by atoms with van der Waals surface area (Å²) in [5.41, 5.74) is 5.98. The Morgan fingerprint density at radius 3 is 2.76 bits per heavy atom. The van der Waals surface area contributed by atoms with Crippen molar-refractivity contribution in [3.8, 4) is 5.75 Å². The summed E-state index contributed by atoms with van der Waals surface area (Å²) < 4.78 is 5.38. The average Bonchev–Trinajstić information content (AvgIpc) is 3.33. The largest absolute Gasteiger partial charge is 0.497 e. The number of allylic oxidation sites excluding steroid dienone is 5. The van der Waals surface area contributed by atoms with Crippen molar-refractivity contribution in [2.45, 2.75) is 64.5 Å². The lowest BCUT2D eigenvalue weighted by Crippen LogP contribution is -2.42. The van der Waals surface area contributed by atoms with Crippen LogP contribution < -0.4 is 10.1 Å². The second kappa shape index (κ2) is 13.5. The van der Waals surface area contributed by atoms with Crippen molar-refractivity contribution >= 4 is 23.8 Å². The van der Waals surface area contributed by atoms with Gasteiger partial charge in [0, 0.05) is 44.0 Å². The number of methoxy groups -OCH3 is 1. The van der Waals surface area contributed by atoms with Gasteiger partial charge in [-0.3, -0.25) is 9.79 Å². The van der Waals surface area contributed by atoms with Crippen molar-refractivity contribution in [1.29, 1.82) is 0 Å². The van der Waals surface area contributed by atoms with E-state index in [0.717, 1.165) is 61.1 Å². The van der Waals surface area contributed by atoms with E-state index in [1.807, 2.05) is 46.4 Å². The fraction of sp³-hybridized carbons (Fsp3) is 0.382. The van der Waals surface area contributed by atoms with Crippen LogP contribution in [0.1, 0.15) is 55.7 Å². The molecule has 0 aliphatic carbocycles. The summed E-state index contributed by atoms with van der Waals surface area (Å²) in [6.07, 6.45) is 16.1. The number of ether oxygens (including phenoxy) is 1. The number of amides is 3. The minimum Gasteiger partial charge on any atom is -0.497 e. The number of hydrogen-bond donors (Lipinski definition) is 1. The fourth-order valence-corrected chi connectivity index (χ4v) is 5.86. The molecule has 3 aliphatic heterocycles. The van der Waals surface area contributed by atoms with Crippen molar-refractivity contribution in [1.82, 2.24) is 9.80 Å². The molecule has 0 aromatic heterocycles. The first-order valence-corrected chi connectivity index (χ1v) is 14.8. The van der Waals surface area contributed by atoms with Gasteiger partial charge in [-0.1, -0.05) is 55.8 Å². The van der Waals surface area contributed by atoms with Gasteiger partial charge in [0.25, 0.3) is 5.91 Å². The predicted octanol–water partition coefficient (Wildman–Crippen LogP) is 6.46. The first kappa shape index (κ1) is 28.4. The van der Waals surface area contributed by atoms with Gasteiger partial charge >= 0.3 is 6.03 Å². The zero-order chi connectivity index (χ0) is 28.6. The van der Waals surface area contributed by atoms with Gasteiger partial charge in [-0.25, -0.2) is 4.79 Å². The van der Waals surface area contributed by atoms with Crippen LogP contribution in [0.5, 0.6) is 5.75 Å². The van der Waals surface area contributed by atoms with Crippen molar-refractivity contribution in [3.63, 3.8) is 0 Å². The topological polar surface area (TPSA) is 74.2 Å². The molecular weight excluding hydrogens is 512 g/mol. The number of aliphatic imine (C=N–C) groups is 1. The number of nitrogens with zero attached hydrogens (tertiary/aromatic N) is 3. The number of benzene rings is 2. The summed E-state index contributed by atoms with van der Waals surface area (Å²) in [7, 11) is 1.66. The molecule has 0 bridgehead atoms. The highest BCUT2D eigenvalue weighted by Crippen LogP contribution is 2.28. The minimum absolute atomic E-state index is 0.0224. The van der Waals surface area contributed by atoms with Crippen LogP contribution in [0, 0.1) is 0 Å². The third-order valence-corrected chi connectivity index (χ3v) is 8.11. The lowest BCUT2D eigenvalue weighted by Gasteiger charge is -2.30. The number of carbonyl (C=O) groups excluding carboxylic acids is 2. The summed E-state index contributed by atoms with van der Waals surface area (Å²) >= 11 is 0. The van der Waals surface area contributed by atoms with Crippen molar-refractivity contribution in [3.05, 3.63) is 94.7 Å². The van der Waals surface area contributed by atoms with Crippen LogP contribution in [-0.4, -0.2) is 54.2 Å². The quantitative estimate of drug-likeness (QED) is 0.388. The Morgan fingerprint density at radius 2 is 1.93 bits per heavy atom. The number of anilines is 1. The summed E-state index contributed by atoms with van der Waals surface area (Å²) in [5, 5.41) is 3.11. The third kappa shape index (κ3) is 6.96. The molecule has 0 saturated heterocycles. The maximum absolute atomic E-state index is 13.3. The highest BCUT2D eigenvalue weighted by Gasteiger charge is 2.27. The molecule has 1 unspecified atom stereocenters. The van der Waals surface area contributed by atoms with E-state index in [1.54, 1.807) is 7.11 Å². The highest BCUT2D eigenvalue weighted by molar-refractivity contribution is 5.95.